The first-order valence-electron chi connectivity index (χ1n) is 6.96. The summed E-state index contributed by atoms with van der Waals surface area (Å²) in [4.78, 5) is 0. The lowest BCUT2D eigenvalue weighted by atomic mass is 10.1. The Labute approximate surface area is 124 Å². The summed E-state index contributed by atoms with van der Waals surface area (Å²) < 4.78 is 0. The number of aliphatic hydroxyl groups excluding tert-OH is 1. The predicted molar refractivity (Wildman–Crippen MR) is 81.5 cm³/mol. The fraction of sp³-hybridized carbons (Fsp3) is 0.500. The van der Waals surface area contributed by atoms with Crippen LogP contribution in [0.1, 0.15) is 18.4 Å². The Balaban J connectivity index is 2.26. The van der Waals surface area contributed by atoms with E-state index in [2.05, 4.69) is 10.6 Å². The molecule has 0 unspecified atom stereocenters. The first-order valence-corrected chi connectivity index (χ1v) is 6.96. The molecule has 1 rings (SSSR count). The van der Waals surface area contributed by atoms with Crippen molar-refractivity contribution in [1.29, 1.82) is 5.41 Å². The summed E-state index contributed by atoms with van der Waals surface area (Å²) in [5.74, 6) is 0.0599. The van der Waals surface area contributed by atoms with Crippen molar-refractivity contribution in [2.75, 3.05) is 19.7 Å². The van der Waals surface area contributed by atoms with E-state index in [1.165, 1.54) is 12.1 Å². The first-order chi connectivity index (χ1) is 10.0. The summed E-state index contributed by atoms with van der Waals surface area (Å²) in [6.07, 6.45) is 2.16. The third kappa shape index (κ3) is 6.82. The van der Waals surface area contributed by atoms with Crippen LogP contribution in [0.4, 0.5) is 0 Å². The molecule has 1 aromatic carbocycles. The first kappa shape index (κ1) is 17.1. The molecule has 21 heavy (non-hydrogen) atoms. The summed E-state index contributed by atoms with van der Waals surface area (Å²) in [5.41, 5.74) is 5.92. The van der Waals surface area contributed by atoms with Crippen LogP contribution in [0.25, 0.3) is 0 Å². The van der Waals surface area contributed by atoms with Crippen molar-refractivity contribution < 1.29 is 15.3 Å². The van der Waals surface area contributed by atoms with Gasteiger partial charge in [0.05, 0.1) is 6.61 Å². The Hall–Kier alpha value is -1.99. The number of phenolic OH excluding ortho intramolecular Hbond substituents is 2. The number of nitrogens with two attached hydrogens (primary N) is 1. The topological polar surface area (TPSA) is 135 Å². The van der Waals surface area contributed by atoms with Gasteiger partial charge in [-0.3, -0.25) is 5.41 Å². The zero-order valence-electron chi connectivity index (χ0n) is 12.0. The number of hydrogen-bond acceptors (Lipinski definition) is 5. The average Bonchev–Trinajstić information content (AvgIpc) is 2.43. The van der Waals surface area contributed by atoms with Gasteiger partial charge < -0.3 is 31.7 Å². The van der Waals surface area contributed by atoms with E-state index in [4.69, 9.17) is 11.1 Å². The second kappa shape index (κ2) is 9.04. The molecule has 0 bridgehead atoms. The van der Waals surface area contributed by atoms with Crippen LogP contribution in [-0.2, 0) is 6.42 Å². The van der Waals surface area contributed by atoms with Crippen LogP contribution in [0.5, 0.6) is 11.5 Å². The van der Waals surface area contributed by atoms with Gasteiger partial charge in [0.2, 0.25) is 0 Å². The van der Waals surface area contributed by atoms with Crippen LogP contribution >= 0.6 is 0 Å². The highest BCUT2D eigenvalue weighted by Gasteiger charge is 2.07. The molecule has 0 spiro atoms. The number of aromatic hydroxyl groups is 2. The molecule has 0 aliphatic heterocycles. The van der Waals surface area contributed by atoms with Gasteiger partial charge in [0.15, 0.2) is 5.96 Å². The number of aliphatic hydroxyl groups is 1. The normalized spacial score (nSPS) is 12.0. The maximum atomic E-state index is 9.66. The molecule has 118 valence electrons. The summed E-state index contributed by atoms with van der Waals surface area (Å²) in [5, 5.41) is 41.1. The molecule has 0 heterocycles. The molecule has 0 fully saturated rings. The highest BCUT2D eigenvalue weighted by atomic mass is 16.3. The number of benzene rings is 1. The van der Waals surface area contributed by atoms with E-state index in [9.17, 15) is 15.3 Å². The fourth-order valence-electron chi connectivity index (χ4n) is 2.00. The molecule has 7 heteroatoms. The van der Waals surface area contributed by atoms with Gasteiger partial charge in [-0.2, -0.15) is 0 Å². The average molecular weight is 296 g/mol. The summed E-state index contributed by atoms with van der Waals surface area (Å²) in [6.45, 7) is 1.25. The molecule has 7 nitrogen and oxygen atoms in total. The highest BCUT2D eigenvalue weighted by Crippen LogP contribution is 2.22. The van der Waals surface area contributed by atoms with Gasteiger partial charge in [-0.05, 0) is 37.4 Å². The largest absolute Gasteiger partial charge is 0.508 e. The van der Waals surface area contributed by atoms with Crippen molar-refractivity contribution in [3.05, 3.63) is 23.8 Å². The van der Waals surface area contributed by atoms with E-state index in [-0.39, 0.29) is 30.1 Å². The number of rotatable bonds is 9. The zero-order valence-corrected chi connectivity index (χ0v) is 12.0. The Bertz CT molecular complexity index is 454. The van der Waals surface area contributed by atoms with E-state index in [1.807, 2.05) is 0 Å². The molecule has 0 radical (unpaired) electrons. The van der Waals surface area contributed by atoms with Crippen LogP contribution in [0.15, 0.2) is 18.2 Å². The van der Waals surface area contributed by atoms with Gasteiger partial charge in [-0.15, -0.1) is 0 Å². The Morgan fingerprint density at radius 2 is 2.05 bits per heavy atom. The van der Waals surface area contributed by atoms with Crippen LogP contribution < -0.4 is 16.4 Å². The molecule has 0 saturated carbocycles. The lowest BCUT2D eigenvalue weighted by Crippen LogP contribution is -2.36. The van der Waals surface area contributed by atoms with E-state index in [1.54, 1.807) is 6.07 Å². The van der Waals surface area contributed by atoms with E-state index in [0.29, 0.717) is 19.5 Å². The molecule has 0 saturated heterocycles. The Kier molecular flexibility index (Phi) is 7.34. The third-order valence-electron chi connectivity index (χ3n) is 3.16. The minimum absolute atomic E-state index is 0.0294. The monoisotopic (exact) mass is 296 g/mol. The van der Waals surface area contributed by atoms with Gasteiger partial charge in [-0.25, -0.2) is 0 Å². The molecule has 1 atom stereocenters. The summed E-state index contributed by atoms with van der Waals surface area (Å²) in [7, 11) is 0. The van der Waals surface area contributed by atoms with Crippen molar-refractivity contribution in [3.8, 4) is 11.5 Å². The van der Waals surface area contributed by atoms with Crippen molar-refractivity contribution in [2.45, 2.75) is 25.3 Å². The van der Waals surface area contributed by atoms with Crippen molar-refractivity contribution >= 4 is 5.96 Å². The Morgan fingerprint density at radius 1 is 1.29 bits per heavy atom. The van der Waals surface area contributed by atoms with Gasteiger partial charge in [0, 0.05) is 18.7 Å². The van der Waals surface area contributed by atoms with Gasteiger partial charge in [0.25, 0.3) is 0 Å². The lowest BCUT2D eigenvalue weighted by Gasteiger charge is -2.16. The van der Waals surface area contributed by atoms with Crippen molar-refractivity contribution in [3.63, 3.8) is 0 Å². The quantitative estimate of drug-likeness (QED) is 0.192. The van der Waals surface area contributed by atoms with Crippen LogP contribution in [0.2, 0.25) is 0 Å². The lowest BCUT2D eigenvalue weighted by molar-refractivity contribution is 0.234. The van der Waals surface area contributed by atoms with Crippen molar-refractivity contribution in [1.82, 2.24) is 10.6 Å². The Morgan fingerprint density at radius 3 is 2.67 bits per heavy atom. The van der Waals surface area contributed by atoms with Crippen LogP contribution in [-0.4, -0.2) is 47.0 Å². The van der Waals surface area contributed by atoms with E-state index >= 15 is 0 Å². The number of phenols is 2. The standard InChI is InChI=1S/C14H24N4O3/c15-14(16)18-6-1-2-11(9-19)17-7-5-10-3-4-12(20)8-13(10)21/h3-4,8,11,17,19-21H,1-2,5-7,9H2,(H4,15,16,18)/t11-/m0/s1. The number of hydrogen-bond donors (Lipinski definition) is 7. The smallest absolute Gasteiger partial charge is 0.185 e. The highest BCUT2D eigenvalue weighted by molar-refractivity contribution is 5.74. The fourth-order valence-corrected chi connectivity index (χ4v) is 2.00. The molecular formula is C14H24N4O3. The summed E-state index contributed by atoms with van der Waals surface area (Å²) >= 11 is 0. The van der Waals surface area contributed by atoms with E-state index < -0.39 is 0 Å². The maximum Gasteiger partial charge on any atom is 0.185 e. The minimum Gasteiger partial charge on any atom is -0.508 e. The minimum atomic E-state index is -0.0497. The number of guanidine groups is 1. The number of nitrogens with one attached hydrogen (secondary N) is 3. The van der Waals surface area contributed by atoms with Crippen LogP contribution in [0, 0.1) is 5.41 Å². The molecule has 0 aromatic heterocycles. The van der Waals surface area contributed by atoms with Gasteiger partial charge >= 0.3 is 0 Å². The maximum absolute atomic E-state index is 9.66. The second-order valence-electron chi connectivity index (χ2n) is 4.88. The SMILES string of the molecule is N=C(N)NCCC[C@@H](CO)NCCc1ccc(O)cc1O. The predicted octanol–water partition coefficient (Wildman–Crippen LogP) is -0.146. The second-order valence-corrected chi connectivity index (χ2v) is 4.88. The van der Waals surface area contributed by atoms with Crippen LogP contribution in [0.3, 0.4) is 0 Å². The molecule has 0 aliphatic carbocycles. The molecule has 0 amide bonds. The molecule has 0 aliphatic rings. The third-order valence-corrected chi connectivity index (χ3v) is 3.16. The zero-order chi connectivity index (χ0) is 15.7. The van der Waals surface area contributed by atoms with E-state index in [0.717, 1.165) is 18.4 Å². The molecular weight excluding hydrogens is 272 g/mol. The van der Waals surface area contributed by atoms with Gasteiger partial charge in [-0.1, -0.05) is 6.07 Å². The van der Waals surface area contributed by atoms with Gasteiger partial charge in [0.1, 0.15) is 11.5 Å². The molecule has 8 N–H and O–H groups in total. The molecule has 1 aromatic rings. The summed E-state index contributed by atoms with van der Waals surface area (Å²) in [6, 6.07) is 4.49. The van der Waals surface area contributed by atoms with Crippen molar-refractivity contribution in [2.24, 2.45) is 5.73 Å².